The molecule has 3 fully saturated rings. The SMILES string of the molecule is COCC1C2CN(c3ccc(F)cc3N3C(=O)O[C@@]4(Oc5nocc54)[C@H]3C)C[C@H]12. The number of nitrogens with zero attached hydrogens (tertiary/aromatic N) is 3. The summed E-state index contributed by atoms with van der Waals surface area (Å²) in [4.78, 5) is 16.5. The van der Waals surface area contributed by atoms with E-state index in [1.165, 1.54) is 23.3 Å². The highest BCUT2D eigenvalue weighted by Crippen LogP contribution is 2.55. The number of aromatic nitrogens is 1. The Kier molecular flexibility index (Phi) is 3.31. The van der Waals surface area contributed by atoms with Crippen molar-refractivity contribution in [3.05, 3.63) is 35.8 Å². The largest absolute Gasteiger partial charge is 0.425 e. The van der Waals surface area contributed by atoms with E-state index in [1.54, 1.807) is 13.2 Å². The van der Waals surface area contributed by atoms with Crippen molar-refractivity contribution in [2.45, 2.75) is 18.8 Å². The number of benzene rings is 1. The Bertz CT molecular complexity index is 1000. The molecule has 9 heteroatoms. The first-order chi connectivity index (χ1) is 14.0. The summed E-state index contributed by atoms with van der Waals surface area (Å²) in [5.41, 5.74) is 1.89. The van der Waals surface area contributed by atoms with Crippen LogP contribution in [0.3, 0.4) is 0 Å². The first-order valence-corrected chi connectivity index (χ1v) is 9.73. The van der Waals surface area contributed by atoms with Gasteiger partial charge in [0.15, 0.2) is 0 Å². The van der Waals surface area contributed by atoms with Gasteiger partial charge in [-0.3, -0.25) is 4.90 Å². The third-order valence-corrected chi connectivity index (χ3v) is 6.80. The molecule has 5 atom stereocenters. The number of carbonyl (C=O) groups excluding carboxylic acids is 1. The van der Waals surface area contributed by atoms with Crippen LogP contribution < -0.4 is 14.5 Å². The van der Waals surface area contributed by atoms with Crippen molar-refractivity contribution < 1.29 is 27.9 Å². The highest BCUT2D eigenvalue weighted by Gasteiger charge is 2.65. The van der Waals surface area contributed by atoms with Gasteiger partial charge in [-0.2, -0.15) is 0 Å². The van der Waals surface area contributed by atoms with Crippen molar-refractivity contribution in [2.75, 3.05) is 36.6 Å². The average Bonchev–Trinajstić information content (AvgIpc) is 3.04. The molecule has 1 spiro atoms. The Morgan fingerprint density at radius 3 is 2.79 bits per heavy atom. The summed E-state index contributed by atoms with van der Waals surface area (Å²) >= 11 is 0. The minimum Gasteiger partial charge on any atom is -0.425 e. The summed E-state index contributed by atoms with van der Waals surface area (Å²) in [6.45, 7) is 4.32. The zero-order chi connectivity index (χ0) is 19.9. The van der Waals surface area contributed by atoms with E-state index in [4.69, 9.17) is 18.7 Å². The van der Waals surface area contributed by atoms with E-state index in [0.717, 1.165) is 25.4 Å². The van der Waals surface area contributed by atoms with Crippen molar-refractivity contribution in [2.24, 2.45) is 17.8 Å². The molecule has 8 nitrogen and oxygen atoms in total. The summed E-state index contributed by atoms with van der Waals surface area (Å²) in [5.74, 6) is 0.385. The van der Waals surface area contributed by atoms with E-state index in [2.05, 4.69) is 10.1 Å². The molecule has 4 aliphatic rings. The van der Waals surface area contributed by atoms with Gasteiger partial charge < -0.3 is 23.6 Å². The second kappa shape index (κ2) is 5.63. The zero-order valence-electron chi connectivity index (χ0n) is 16.0. The number of methoxy groups -OCH3 is 1. The summed E-state index contributed by atoms with van der Waals surface area (Å²) < 4.78 is 35.7. The fraction of sp³-hybridized carbons (Fsp3) is 0.500. The fourth-order valence-corrected chi connectivity index (χ4v) is 5.21. The third-order valence-electron chi connectivity index (χ3n) is 6.80. The maximum absolute atomic E-state index is 14.2. The molecule has 0 bridgehead atoms. The standard InChI is InChI=1S/C20H20FN3O5/c1-10-20(15-9-27-22-18(15)28-20)29-19(25)24(10)17-5-11(21)3-4-16(17)23-6-12-13(7-23)14(12)8-26-2/h3-5,9-10,12-14H,6-8H2,1-2H3/t10-,12+,13?,14?,20+/m1/s1. The molecule has 4 heterocycles. The van der Waals surface area contributed by atoms with Gasteiger partial charge in [0.25, 0.3) is 5.88 Å². The first kappa shape index (κ1) is 17.1. The van der Waals surface area contributed by atoms with Gasteiger partial charge in [0, 0.05) is 26.8 Å². The molecule has 1 saturated carbocycles. The lowest BCUT2D eigenvalue weighted by atomic mass is 9.97. The molecule has 0 radical (unpaired) electrons. The number of halogens is 1. The topological polar surface area (TPSA) is 77.3 Å². The second-order valence-electron chi connectivity index (χ2n) is 8.20. The number of ether oxygens (including phenoxy) is 3. The van der Waals surface area contributed by atoms with Crippen molar-refractivity contribution in [3.8, 4) is 5.88 Å². The van der Waals surface area contributed by atoms with Crippen LogP contribution in [0.4, 0.5) is 20.6 Å². The van der Waals surface area contributed by atoms with Gasteiger partial charge >= 0.3 is 11.9 Å². The number of carbonyl (C=O) groups is 1. The van der Waals surface area contributed by atoms with Gasteiger partial charge in [0.2, 0.25) is 0 Å². The van der Waals surface area contributed by atoms with Crippen LogP contribution in [0, 0.1) is 23.6 Å². The number of anilines is 2. The normalized spacial score (nSPS) is 34.0. The molecule has 29 heavy (non-hydrogen) atoms. The van der Waals surface area contributed by atoms with Gasteiger partial charge in [-0.05, 0) is 48.0 Å². The predicted molar refractivity (Wildman–Crippen MR) is 98.2 cm³/mol. The van der Waals surface area contributed by atoms with Crippen molar-refractivity contribution >= 4 is 17.5 Å². The number of fused-ring (bicyclic) bond motifs is 3. The van der Waals surface area contributed by atoms with Crippen LogP contribution in [-0.4, -0.2) is 44.1 Å². The maximum atomic E-state index is 14.2. The molecule has 6 rings (SSSR count). The monoisotopic (exact) mass is 401 g/mol. The number of hydrogen-bond donors (Lipinski definition) is 0. The lowest BCUT2D eigenvalue weighted by Gasteiger charge is -2.37. The zero-order valence-corrected chi connectivity index (χ0v) is 16.0. The molecule has 2 aromatic rings. The molecular formula is C20H20FN3O5. The Balaban J connectivity index is 1.32. The fourth-order valence-electron chi connectivity index (χ4n) is 5.21. The van der Waals surface area contributed by atoms with E-state index in [9.17, 15) is 9.18 Å². The van der Waals surface area contributed by atoms with Gasteiger partial charge in [-0.25, -0.2) is 9.18 Å². The minimum atomic E-state index is -1.27. The van der Waals surface area contributed by atoms with Crippen LogP contribution in [0.15, 0.2) is 29.0 Å². The molecule has 2 unspecified atom stereocenters. The maximum Gasteiger partial charge on any atom is 0.418 e. The summed E-state index contributed by atoms with van der Waals surface area (Å²) in [6.07, 6.45) is 0.834. The van der Waals surface area contributed by atoms with Gasteiger partial charge in [-0.1, -0.05) is 0 Å². The van der Waals surface area contributed by atoms with E-state index >= 15 is 0 Å². The number of hydrogen-bond acceptors (Lipinski definition) is 7. The van der Waals surface area contributed by atoms with E-state index in [0.29, 0.717) is 34.9 Å². The number of amides is 1. The van der Waals surface area contributed by atoms with Crippen LogP contribution in [0.1, 0.15) is 12.5 Å². The van der Waals surface area contributed by atoms with Crippen LogP contribution >= 0.6 is 0 Å². The predicted octanol–water partition coefficient (Wildman–Crippen LogP) is 2.73. The molecule has 1 amide bonds. The quantitative estimate of drug-likeness (QED) is 0.780. The summed E-state index contributed by atoms with van der Waals surface area (Å²) in [7, 11) is 1.73. The second-order valence-corrected chi connectivity index (χ2v) is 8.20. The lowest BCUT2D eigenvalue weighted by molar-refractivity contribution is -0.170. The van der Waals surface area contributed by atoms with Crippen LogP contribution in [0.2, 0.25) is 0 Å². The number of rotatable bonds is 4. The molecular weight excluding hydrogens is 381 g/mol. The van der Waals surface area contributed by atoms with Crippen molar-refractivity contribution in [1.82, 2.24) is 5.16 Å². The lowest BCUT2D eigenvalue weighted by Crippen LogP contribution is -2.51. The molecule has 2 saturated heterocycles. The average molecular weight is 401 g/mol. The molecule has 1 aromatic heterocycles. The molecule has 1 aromatic carbocycles. The third kappa shape index (κ3) is 2.16. The van der Waals surface area contributed by atoms with Gasteiger partial charge in [0.05, 0.1) is 11.4 Å². The first-order valence-electron chi connectivity index (χ1n) is 9.73. The molecule has 0 N–H and O–H groups in total. The van der Waals surface area contributed by atoms with E-state index in [1.807, 2.05) is 6.92 Å². The Labute approximate surface area is 166 Å². The molecule has 1 aliphatic carbocycles. The van der Waals surface area contributed by atoms with Crippen molar-refractivity contribution in [3.63, 3.8) is 0 Å². The highest BCUT2D eigenvalue weighted by molar-refractivity contribution is 5.96. The van der Waals surface area contributed by atoms with Crippen LogP contribution in [0.25, 0.3) is 0 Å². The van der Waals surface area contributed by atoms with E-state index in [-0.39, 0.29) is 0 Å². The molecule has 152 valence electrons. The summed E-state index contributed by atoms with van der Waals surface area (Å²) in [6, 6.07) is 4.03. The summed E-state index contributed by atoms with van der Waals surface area (Å²) in [5, 5.41) is 3.72. The van der Waals surface area contributed by atoms with Crippen LogP contribution in [0.5, 0.6) is 5.88 Å². The van der Waals surface area contributed by atoms with Gasteiger partial charge in [-0.15, -0.1) is 0 Å². The Hall–Kier alpha value is -2.81. The van der Waals surface area contributed by atoms with E-state index < -0.39 is 23.7 Å². The minimum absolute atomic E-state index is 0.315. The Morgan fingerprint density at radius 2 is 2.07 bits per heavy atom. The number of piperidine rings is 1. The molecule has 3 aliphatic heterocycles. The highest BCUT2D eigenvalue weighted by atomic mass is 19.1. The van der Waals surface area contributed by atoms with Crippen molar-refractivity contribution in [1.29, 1.82) is 0 Å². The van der Waals surface area contributed by atoms with Gasteiger partial charge in [0.1, 0.15) is 23.7 Å². The van der Waals surface area contributed by atoms with Crippen LogP contribution in [-0.2, 0) is 15.3 Å². The smallest absolute Gasteiger partial charge is 0.418 e. The Morgan fingerprint density at radius 1 is 1.28 bits per heavy atom.